The van der Waals surface area contributed by atoms with Gasteiger partial charge in [-0.05, 0) is 0 Å². The second-order valence-corrected chi connectivity index (χ2v) is 0. The molecule has 0 unspecified atom stereocenters. The van der Waals surface area contributed by atoms with Gasteiger partial charge in [0.1, 0.15) is 0 Å². The number of hydrogen-bond acceptors (Lipinski definition) is 0. The summed E-state index contributed by atoms with van der Waals surface area (Å²) in [6, 6.07) is 0. The van der Waals surface area contributed by atoms with Crippen LogP contribution in [0.5, 0.6) is 0 Å². The van der Waals surface area contributed by atoms with E-state index in [9.17, 15) is 0 Å². The zero-order valence-electron chi connectivity index (χ0n) is 2.81. The van der Waals surface area contributed by atoms with Crippen LogP contribution in [0.15, 0.2) is 0 Å². The van der Waals surface area contributed by atoms with E-state index in [4.69, 9.17) is 0 Å². The Kier molecular flexibility index (Phi) is 4480. The standard InChI is InChI=1S/4B.Ge/q4*-1;+4. The predicted octanol–water partition coefficient (Wildman–Crippen LogP) is -1.90. The van der Waals surface area contributed by atoms with Gasteiger partial charge in [-0.2, -0.15) is 0 Å². The summed E-state index contributed by atoms with van der Waals surface area (Å²) in [5, 5.41) is 0. The van der Waals surface area contributed by atoms with E-state index < -0.39 is 0 Å². The maximum atomic E-state index is 0. The van der Waals surface area contributed by atoms with Crippen LogP contribution in [0.25, 0.3) is 0 Å². The molecule has 0 aromatic heterocycles. The molecule has 0 aliphatic carbocycles. The minimum absolute atomic E-state index is 0. The van der Waals surface area contributed by atoms with Gasteiger partial charge in [0.15, 0.2) is 0 Å². The van der Waals surface area contributed by atoms with Crippen LogP contribution in [-0.2, 0) is 0 Å². The maximum absolute atomic E-state index is 0. The summed E-state index contributed by atoms with van der Waals surface area (Å²) < 4.78 is 0. The fraction of sp³-hybridized carbons (Fsp3) is 0. The van der Waals surface area contributed by atoms with Crippen LogP contribution < -0.4 is 0 Å². The minimum atomic E-state index is 0. The molecule has 0 saturated carbocycles. The molecule has 0 heterocycles. The molecule has 0 fully saturated rings. The molecule has 0 nitrogen and oxygen atoms in total. The molecule has 0 N–H and O–H groups in total. The van der Waals surface area contributed by atoms with Crippen molar-refractivity contribution in [1.29, 1.82) is 0 Å². The summed E-state index contributed by atoms with van der Waals surface area (Å²) >= 11 is 0. The summed E-state index contributed by atoms with van der Waals surface area (Å²) in [4.78, 5) is 0. The molecule has 0 aliphatic rings. The van der Waals surface area contributed by atoms with Crippen molar-refractivity contribution >= 4 is 51.2 Å². The molecule has 16 valence electrons. The molecule has 5 heavy (non-hydrogen) atoms. The average Bonchev–Trinajstić information content (AvgIpc) is 0. The molecule has 5 heteroatoms. The molecule has 16 radical (unpaired) electrons. The predicted molar refractivity (Wildman–Crippen MR) is 28.8 cm³/mol. The molecule has 0 aromatic carbocycles. The van der Waals surface area contributed by atoms with E-state index in [1.807, 2.05) is 0 Å². The maximum Gasteiger partial charge on any atom is 4.00 e. The topological polar surface area (TPSA) is 0 Å². The molecular formula is B4Ge. The van der Waals surface area contributed by atoms with Gasteiger partial charge in [0.05, 0.1) is 0 Å². The van der Waals surface area contributed by atoms with Crippen LogP contribution >= 0.6 is 0 Å². The largest absolute Gasteiger partial charge is 4.00 e. The third-order valence-electron chi connectivity index (χ3n) is 0. The van der Waals surface area contributed by atoms with Crippen LogP contribution in [0.1, 0.15) is 0 Å². The molecule has 0 aliphatic heterocycles. The first-order valence-corrected chi connectivity index (χ1v) is 0. The third kappa shape index (κ3) is 58.6. The Morgan fingerprint density at radius 1 is 0.400 bits per heavy atom. The molecule has 0 amide bonds. The smallest absolute Gasteiger partial charge is 1.00 e. The van der Waals surface area contributed by atoms with Crippen molar-refractivity contribution in [2.45, 2.75) is 0 Å². The zero-order valence-corrected chi connectivity index (χ0v) is 4.91. The summed E-state index contributed by atoms with van der Waals surface area (Å²) in [5.41, 5.74) is 0. The zero-order chi connectivity index (χ0) is 0. The Hall–Kier alpha value is 0.803. The molecule has 0 saturated heterocycles. The van der Waals surface area contributed by atoms with E-state index in [1.165, 1.54) is 0 Å². The van der Waals surface area contributed by atoms with E-state index in [1.54, 1.807) is 0 Å². The second-order valence-electron chi connectivity index (χ2n) is 0. The fourth-order valence-electron chi connectivity index (χ4n) is 0. The first kappa shape index (κ1) is 208. The van der Waals surface area contributed by atoms with E-state index in [0.29, 0.717) is 0 Å². The molecule has 0 rings (SSSR count). The van der Waals surface area contributed by atoms with Gasteiger partial charge in [0.25, 0.3) is 0 Å². The van der Waals surface area contributed by atoms with Gasteiger partial charge in [-0.1, -0.05) is 0 Å². The Balaban J connectivity index is 0. The third-order valence-corrected chi connectivity index (χ3v) is 0. The van der Waals surface area contributed by atoms with Gasteiger partial charge >= 0.3 is 17.6 Å². The van der Waals surface area contributed by atoms with Crippen LogP contribution in [0.2, 0.25) is 0 Å². The van der Waals surface area contributed by atoms with Crippen LogP contribution in [-0.4, -0.2) is 51.2 Å². The van der Waals surface area contributed by atoms with Crippen molar-refractivity contribution in [3.8, 4) is 0 Å². The normalized spacial score (nSPS) is 0. The van der Waals surface area contributed by atoms with E-state index in [2.05, 4.69) is 0 Å². The molecule has 0 bridgehead atoms. The Bertz CT molecular complexity index is 3.61. The quantitative estimate of drug-likeness (QED) is 0.324. The van der Waals surface area contributed by atoms with Crippen molar-refractivity contribution < 1.29 is 0 Å². The molecule has 0 spiro atoms. The van der Waals surface area contributed by atoms with Crippen molar-refractivity contribution in [3.05, 3.63) is 0 Å². The van der Waals surface area contributed by atoms with Gasteiger partial charge in [-0.3, -0.25) is 0 Å². The van der Waals surface area contributed by atoms with Gasteiger partial charge in [-0.25, -0.2) is 0 Å². The van der Waals surface area contributed by atoms with Crippen LogP contribution in [0.4, 0.5) is 0 Å². The Morgan fingerprint density at radius 3 is 0.400 bits per heavy atom. The van der Waals surface area contributed by atoms with Gasteiger partial charge in [-0.15, -0.1) is 0 Å². The summed E-state index contributed by atoms with van der Waals surface area (Å²) in [6.45, 7) is 0. The number of hydrogen-bond donors (Lipinski definition) is 0. The average molecular weight is 116 g/mol. The van der Waals surface area contributed by atoms with Gasteiger partial charge in [0.2, 0.25) is 0 Å². The van der Waals surface area contributed by atoms with Gasteiger partial charge < -0.3 is 33.7 Å². The van der Waals surface area contributed by atoms with E-state index in [0.717, 1.165) is 0 Å². The Labute approximate surface area is 51.8 Å². The monoisotopic (exact) mass is 118 g/mol. The van der Waals surface area contributed by atoms with Crippen molar-refractivity contribution in [1.82, 2.24) is 0 Å². The van der Waals surface area contributed by atoms with Crippen molar-refractivity contribution in [3.63, 3.8) is 0 Å². The van der Waals surface area contributed by atoms with E-state index >= 15 is 0 Å². The van der Waals surface area contributed by atoms with Crippen molar-refractivity contribution in [2.24, 2.45) is 0 Å². The molecular weight excluding hydrogens is 116 g/mol. The molecule has 0 atom stereocenters. The van der Waals surface area contributed by atoms with Crippen molar-refractivity contribution in [2.75, 3.05) is 0 Å². The first-order chi connectivity index (χ1) is 0. The fourth-order valence-corrected chi connectivity index (χ4v) is 0. The second kappa shape index (κ2) is 108. The van der Waals surface area contributed by atoms with Crippen LogP contribution in [0, 0.1) is 0 Å². The van der Waals surface area contributed by atoms with Crippen LogP contribution in [0.3, 0.4) is 0 Å². The van der Waals surface area contributed by atoms with Gasteiger partial charge in [0, 0.05) is 0 Å². The number of rotatable bonds is 0. The van der Waals surface area contributed by atoms with E-state index in [-0.39, 0.29) is 51.2 Å². The summed E-state index contributed by atoms with van der Waals surface area (Å²) in [6.07, 6.45) is 0. The first-order valence-electron chi connectivity index (χ1n) is 0. The summed E-state index contributed by atoms with van der Waals surface area (Å²) in [5.74, 6) is 0. The minimum Gasteiger partial charge on any atom is -1.00 e. The Morgan fingerprint density at radius 2 is 0.400 bits per heavy atom. The molecule has 0 aromatic rings. The SMILES string of the molecule is [B-].[B-].[B-].[B-].[Ge+4]. The summed E-state index contributed by atoms with van der Waals surface area (Å²) in [7, 11) is 0.